The van der Waals surface area contributed by atoms with Gasteiger partial charge in [-0.3, -0.25) is 4.79 Å². The van der Waals surface area contributed by atoms with E-state index in [1.54, 1.807) is 6.08 Å². The molecule has 0 aliphatic carbocycles. The fourth-order valence-electron chi connectivity index (χ4n) is 11.8. The lowest BCUT2D eigenvalue weighted by Crippen LogP contribution is -2.65. The van der Waals surface area contributed by atoms with Gasteiger partial charge in [-0.05, 0) is 32.1 Å². The summed E-state index contributed by atoms with van der Waals surface area (Å²) < 4.78 is 22.8. The van der Waals surface area contributed by atoms with Crippen molar-refractivity contribution >= 4 is 5.91 Å². The van der Waals surface area contributed by atoms with Crippen LogP contribution in [0, 0.1) is 0 Å². The van der Waals surface area contributed by atoms with Gasteiger partial charge in [0.1, 0.15) is 48.8 Å². The van der Waals surface area contributed by atoms with E-state index in [4.69, 9.17) is 18.9 Å². The summed E-state index contributed by atoms with van der Waals surface area (Å²) >= 11 is 0. The number of carbonyl (C=O) groups is 1. The highest BCUT2D eigenvalue weighted by Crippen LogP contribution is 2.30. The van der Waals surface area contributed by atoms with Gasteiger partial charge < -0.3 is 65.1 Å². The van der Waals surface area contributed by atoms with Crippen LogP contribution in [0.3, 0.4) is 0 Å². The number of ether oxygens (including phenoxy) is 4. The largest absolute Gasteiger partial charge is 0.394 e. The van der Waals surface area contributed by atoms with Crippen LogP contribution < -0.4 is 5.32 Å². The molecule has 2 aliphatic heterocycles. The van der Waals surface area contributed by atoms with E-state index < -0.39 is 86.8 Å². The predicted molar refractivity (Wildman–Crippen MR) is 337 cm³/mol. The molecule has 12 atom stereocenters. The number of aliphatic hydroxyl groups is 8. The topological polar surface area (TPSA) is 228 Å². The summed E-state index contributed by atoms with van der Waals surface area (Å²) in [5.41, 5.74) is 0. The Morgan fingerprint density at radius 2 is 0.771 bits per heavy atom. The molecule has 0 aromatic carbocycles. The SMILES string of the molecule is CCCCCCCCCCCCCCCCCCCCCCCCCC/C=C/CC/C=C/C(O)C(COC1OC(CO)C(OC2OC(CO)C(O)C(O)C2O)C(O)C1O)NC(=O)CCCCCCCCCCCCCCCCCCCCC. The van der Waals surface area contributed by atoms with E-state index in [-0.39, 0.29) is 18.9 Å². The zero-order chi connectivity index (χ0) is 60.2. The Labute approximate surface area is 507 Å². The van der Waals surface area contributed by atoms with E-state index in [9.17, 15) is 45.6 Å². The van der Waals surface area contributed by atoms with E-state index in [0.29, 0.717) is 12.8 Å². The van der Waals surface area contributed by atoms with Gasteiger partial charge in [0.25, 0.3) is 0 Å². The van der Waals surface area contributed by atoms with Crippen molar-refractivity contribution in [3.05, 3.63) is 24.3 Å². The van der Waals surface area contributed by atoms with Crippen molar-refractivity contribution in [2.24, 2.45) is 0 Å². The zero-order valence-corrected chi connectivity index (χ0v) is 53.2. The van der Waals surface area contributed by atoms with Crippen molar-refractivity contribution in [1.82, 2.24) is 5.32 Å². The minimum atomic E-state index is -1.79. The molecule has 2 fully saturated rings. The Morgan fingerprint density at radius 1 is 0.422 bits per heavy atom. The molecule has 0 aromatic heterocycles. The van der Waals surface area contributed by atoms with Crippen LogP contribution in [0.25, 0.3) is 0 Å². The first kappa shape index (κ1) is 77.6. The summed E-state index contributed by atoms with van der Waals surface area (Å²) in [6.45, 7) is 2.83. The number of aliphatic hydroxyl groups excluding tert-OH is 8. The minimum Gasteiger partial charge on any atom is -0.394 e. The quantitative estimate of drug-likeness (QED) is 0.0204. The average molecular weight is 1180 g/mol. The summed E-state index contributed by atoms with van der Waals surface area (Å²) in [6, 6.07) is -0.929. The van der Waals surface area contributed by atoms with Crippen molar-refractivity contribution in [1.29, 1.82) is 0 Å². The van der Waals surface area contributed by atoms with Gasteiger partial charge in [0.2, 0.25) is 5.91 Å². The molecule has 0 spiro atoms. The van der Waals surface area contributed by atoms with Crippen molar-refractivity contribution < 1.29 is 64.6 Å². The molecule has 9 N–H and O–H groups in total. The Morgan fingerprint density at radius 3 is 1.18 bits per heavy atom. The molecule has 2 aliphatic rings. The van der Waals surface area contributed by atoms with Crippen LogP contribution in [0.15, 0.2) is 24.3 Å². The summed E-state index contributed by atoms with van der Waals surface area (Å²) in [6.07, 6.45) is 51.0. The molecule has 0 saturated carbocycles. The van der Waals surface area contributed by atoms with Gasteiger partial charge in [0.05, 0.1) is 32.0 Å². The second-order valence-electron chi connectivity index (χ2n) is 25.0. The Bertz CT molecular complexity index is 1490. The first-order chi connectivity index (χ1) is 40.6. The fraction of sp³-hybridized carbons (Fsp3) is 0.928. The van der Waals surface area contributed by atoms with Gasteiger partial charge in [-0.25, -0.2) is 0 Å². The van der Waals surface area contributed by atoms with Crippen LogP contribution in [0.5, 0.6) is 0 Å². The van der Waals surface area contributed by atoms with Crippen molar-refractivity contribution in [3.63, 3.8) is 0 Å². The summed E-state index contributed by atoms with van der Waals surface area (Å²) in [5, 5.41) is 87.4. The second-order valence-corrected chi connectivity index (χ2v) is 25.0. The number of hydrogen-bond acceptors (Lipinski definition) is 13. The number of amides is 1. The van der Waals surface area contributed by atoms with Gasteiger partial charge >= 0.3 is 0 Å². The number of rotatable bonds is 58. The molecule has 2 saturated heterocycles. The number of allylic oxidation sites excluding steroid dienone is 3. The normalized spacial score (nSPS) is 23.9. The molecule has 14 nitrogen and oxygen atoms in total. The van der Waals surface area contributed by atoms with Crippen molar-refractivity contribution in [2.45, 2.75) is 389 Å². The van der Waals surface area contributed by atoms with Gasteiger partial charge in [-0.1, -0.05) is 301 Å². The van der Waals surface area contributed by atoms with Crippen LogP contribution in [-0.4, -0.2) is 140 Å². The Balaban J connectivity index is 1.68. The third-order valence-electron chi connectivity index (χ3n) is 17.4. The van der Waals surface area contributed by atoms with Crippen LogP contribution in [-0.2, 0) is 23.7 Å². The van der Waals surface area contributed by atoms with E-state index in [0.717, 1.165) is 32.1 Å². The van der Waals surface area contributed by atoms with Crippen LogP contribution in [0.4, 0.5) is 0 Å². The molecule has 0 radical (unpaired) electrons. The molecule has 12 unspecified atom stereocenters. The maximum Gasteiger partial charge on any atom is 0.220 e. The molecule has 1 amide bonds. The van der Waals surface area contributed by atoms with E-state index in [2.05, 4.69) is 31.3 Å². The first-order valence-corrected chi connectivity index (χ1v) is 35.1. The highest BCUT2D eigenvalue weighted by atomic mass is 16.7. The van der Waals surface area contributed by atoms with Crippen molar-refractivity contribution in [3.8, 4) is 0 Å². The van der Waals surface area contributed by atoms with E-state index in [1.165, 1.54) is 250 Å². The molecular weight excluding hydrogens is 1050 g/mol. The highest BCUT2D eigenvalue weighted by Gasteiger charge is 2.51. The Kier molecular flexibility index (Phi) is 51.0. The lowest BCUT2D eigenvalue weighted by Gasteiger charge is -2.46. The molecule has 0 aromatic rings. The number of unbranched alkanes of at least 4 members (excludes halogenated alkanes) is 43. The van der Waals surface area contributed by atoms with Crippen molar-refractivity contribution in [2.75, 3.05) is 19.8 Å². The lowest BCUT2D eigenvalue weighted by atomic mass is 9.97. The summed E-state index contributed by atoms with van der Waals surface area (Å²) in [4.78, 5) is 13.3. The molecule has 490 valence electrons. The highest BCUT2D eigenvalue weighted by molar-refractivity contribution is 5.76. The van der Waals surface area contributed by atoms with E-state index >= 15 is 0 Å². The molecule has 14 heteroatoms. The molecule has 0 bridgehead atoms. The summed E-state index contributed by atoms with van der Waals surface area (Å²) in [7, 11) is 0. The maximum absolute atomic E-state index is 13.3. The molecule has 2 heterocycles. The first-order valence-electron chi connectivity index (χ1n) is 35.1. The minimum absolute atomic E-state index is 0.243. The van der Waals surface area contributed by atoms with Gasteiger partial charge in [0, 0.05) is 6.42 Å². The van der Waals surface area contributed by atoms with Gasteiger partial charge in [0.15, 0.2) is 12.6 Å². The summed E-state index contributed by atoms with van der Waals surface area (Å²) in [5.74, 6) is -0.243. The predicted octanol–water partition coefficient (Wildman–Crippen LogP) is 14.0. The van der Waals surface area contributed by atoms with Crippen LogP contribution in [0.1, 0.15) is 316 Å². The maximum atomic E-state index is 13.3. The monoisotopic (exact) mass is 1180 g/mol. The third-order valence-corrected chi connectivity index (χ3v) is 17.4. The molecule has 2 rings (SSSR count). The third kappa shape index (κ3) is 39.2. The molecule has 83 heavy (non-hydrogen) atoms. The van der Waals surface area contributed by atoms with Crippen LogP contribution in [0.2, 0.25) is 0 Å². The average Bonchev–Trinajstić information content (AvgIpc) is 3.59. The number of nitrogens with one attached hydrogen (secondary N) is 1. The van der Waals surface area contributed by atoms with Crippen LogP contribution >= 0.6 is 0 Å². The van der Waals surface area contributed by atoms with Gasteiger partial charge in [-0.15, -0.1) is 0 Å². The fourth-order valence-corrected chi connectivity index (χ4v) is 11.8. The van der Waals surface area contributed by atoms with E-state index in [1.807, 2.05) is 6.08 Å². The Hall–Kier alpha value is -1.53. The lowest BCUT2D eigenvalue weighted by molar-refractivity contribution is -0.359. The smallest absolute Gasteiger partial charge is 0.220 e. The number of carbonyl (C=O) groups excluding carboxylic acids is 1. The standard InChI is InChI=1S/C69H131NO13/c1-3-5-7-9-11-13-15-17-19-21-23-24-25-26-27-28-29-30-31-32-33-35-36-38-40-42-44-46-48-50-52-58(73)57(70-61(74)53-51-49-47-45-43-41-39-37-34-22-20-18-16-14-12-10-8-6-4-2)56-80-68-66(79)64(77)67(60(55-72)82-68)83-69-65(78)63(76)62(75)59(54-71)81-69/h42,44,50,52,57-60,62-69,71-73,75-79H,3-41,43,45-49,51,53-56H2,1-2H3,(H,70,74)/b44-42+,52-50+. The van der Waals surface area contributed by atoms with Gasteiger partial charge in [-0.2, -0.15) is 0 Å². The second kappa shape index (κ2) is 54.6. The zero-order valence-electron chi connectivity index (χ0n) is 53.2. The number of hydrogen-bond donors (Lipinski definition) is 9. The molecular formula is C69H131NO13.